The summed E-state index contributed by atoms with van der Waals surface area (Å²) in [6.07, 6.45) is 4.10. The van der Waals surface area contributed by atoms with E-state index in [0.29, 0.717) is 17.5 Å². The van der Waals surface area contributed by atoms with Crippen molar-refractivity contribution in [1.29, 1.82) is 0 Å². The molecule has 0 bridgehead atoms. The van der Waals surface area contributed by atoms with E-state index < -0.39 is 12.5 Å². The number of benzene rings is 1. The number of fused-ring (bicyclic) bond motifs is 2. The Morgan fingerprint density at radius 1 is 1.24 bits per heavy atom. The van der Waals surface area contributed by atoms with E-state index in [0.717, 1.165) is 48.2 Å². The first-order chi connectivity index (χ1) is 15.9. The summed E-state index contributed by atoms with van der Waals surface area (Å²) in [5.41, 5.74) is 3.10. The first kappa shape index (κ1) is 21.8. The minimum atomic E-state index is -2.98. The van der Waals surface area contributed by atoms with Gasteiger partial charge < -0.3 is 19.7 Å². The standard InChI is InChI=1S/C24H27F2N5O2/c1-14(18-5-4-6-20-22(18)33-13-24(20,25)26)28-23-19-11-16(12-27-21(19)15(2)29-30-23)31-9-7-17(32-3)8-10-31/h4-6,11-12,14,17H,7-10,13H2,1-3H3,(H,28,30)/t14-/m1/s1. The Kier molecular flexibility index (Phi) is 5.52. The molecule has 4 heterocycles. The number of hydrogen-bond acceptors (Lipinski definition) is 7. The molecular formula is C24H27F2N5O2. The van der Waals surface area contributed by atoms with Crippen LogP contribution in [0, 0.1) is 6.92 Å². The summed E-state index contributed by atoms with van der Waals surface area (Å²) < 4.78 is 39.1. The van der Waals surface area contributed by atoms with Crippen LogP contribution in [0.2, 0.25) is 0 Å². The fourth-order valence-electron chi connectivity index (χ4n) is 4.65. The van der Waals surface area contributed by atoms with E-state index >= 15 is 0 Å². The van der Waals surface area contributed by atoms with Crippen molar-refractivity contribution >= 4 is 22.4 Å². The molecule has 1 fully saturated rings. The van der Waals surface area contributed by atoms with Crippen molar-refractivity contribution in [2.45, 2.75) is 44.8 Å². The Labute approximate surface area is 191 Å². The summed E-state index contributed by atoms with van der Waals surface area (Å²) >= 11 is 0. The van der Waals surface area contributed by atoms with Gasteiger partial charge in [0.1, 0.15) is 5.75 Å². The molecule has 0 amide bonds. The van der Waals surface area contributed by atoms with Crippen LogP contribution in [-0.2, 0) is 10.7 Å². The molecule has 1 atom stereocenters. The number of nitrogens with zero attached hydrogens (tertiary/aromatic N) is 4. The lowest BCUT2D eigenvalue weighted by molar-refractivity contribution is -0.0214. The fraction of sp³-hybridized carbons (Fsp3) is 0.458. The number of anilines is 2. The number of aryl methyl sites for hydroxylation is 1. The molecule has 0 saturated carbocycles. The number of methoxy groups -OCH3 is 1. The molecule has 0 unspecified atom stereocenters. The summed E-state index contributed by atoms with van der Waals surface area (Å²) in [5.74, 6) is -2.17. The first-order valence-corrected chi connectivity index (χ1v) is 11.2. The van der Waals surface area contributed by atoms with Gasteiger partial charge in [0.15, 0.2) is 12.4 Å². The van der Waals surface area contributed by atoms with E-state index in [4.69, 9.17) is 9.47 Å². The van der Waals surface area contributed by atoms with Gasteiger partial charge in [-0.25, -0.2) is 0 Å². The molecule has 2 aromatic heterocycles. The zero-order valence-corrected chi connectivity index (χ0v) is 18.9. The van der Waals surface area contributed by atoms with Crippen molar-refractivity contribution < 1.29 is 18.3 Å². The highest BCUT2D eigenvalue weighted by molar-refractivity contribution is 5.92. The predicted molar refractivity (Wildman–Crippen MR) is 122 cm³/mol. The number of hydrogen-bond donors (Lipinski definition) is 1. The van der Waals surface area contributed by atoms with Crippen LogP contribution in [0.1, 0.15) is 42.6 Å². The van der Waals surface area contributed by atoms with E-state index in [2.05, 4.69) is 31.5 Å². The van der Waals surface area contributed by atoms with Crippen molar-refractivity contribution in [1.82, 2.24) is 15.2 Å². The Balaban J connectivity index is 1.46. The van der Waals surface area contributed by atoms with Crippen molar-refractivity contribution in [3.05, 3.63) is 47.3 Å². The van der Waals surface area contributed by atoms with Crippen LogP contribution in [0.15, 0.2) is 30.5 Å². The molecule has 5 rings (SSSR count). The van der Waals surface area contributed by atoms with Gasteiger partial charge in [-0.2, -0.15) is 13.9 Å². The molecule has 3 aromatic rings. The molecule has 1 N–H and O–H groups in total. The number of nitrogens with one attached hydrogen (secondary N) is 1. The zero-order chi connectivity index (χ0) is 23.2. The van der Waals surface area contributed by atoms with Crippen molar-refractivity contribution in [2.75, 3.05) is 37.0 Å². The Morgan fingerprint density at radius 3 is 2.79 bits per heavy atom. The minimum Gasteiger partial charge on any atom is -0.486 e. The quantitative estimate of drug-likeness (QED) is 0.603. The van der Waals surface area contributed by atoms with Crippen molar-refractivity contribution in [3.63, 3.8) is 0 Å². The average Bonchev–Trinajstić information content (AvgIpc) is 3.15. The Hall–Kier alpha value is -3.07. The topological polar surface area (TPSA) is 72.4 Å². The Morgan fingerprint density at radius 2 is 2.03 bits per heavy atom. The van der Waals surface area contributed by atoms with Gasteiger partial charge in [0, 0.05) is 31.1 Å². The molecule has 7 nitrogen and oxygen atoms in total. The average molecular weight is 456 g/mol. The Bertz CT molecular complexity index is 1180. The highest BCUT2D eigenvalue weighted by Gasteiger charge is 2.42. The number of ether oxygens (including phenoxy) is 2. The maximum absolute atomic E-state index is 14.1. The molecule has 2 aliphatic heterocycles. The molecule has 0 aliphatic carbocycles. The molecule has 2 aliphatic rings. The largest absolute Gasteiger partial charge is 0.486 e. The molecular weight excluding hydrogens is 428 g/mol. The van der Waals surface area contributed by atoms with Gasteiger partial charge >= 0.3 is 5.92 Å². The molecule has 1 saturated heterocycles. The monoisotopic (exact) mass is 455 g/mol. The van der Waals surface area contributed by atoms with Gasteiger partial charge in [-0.3, -0.25) is 4.98 Å². The fourth-order valence-corrected chi connectivity index (χ4v) is 4.65. The van der Waals surface area contributed by atoms with E-state index in [1.54, 1.807) is 19.2 Å². The van der Waals surface area contributed by atoms with Crippen LogP contribution < -0.4 is 15.0 Å². The number of rotatable bonds is 5. The number of para-hydroxylation sites is 1. The van der Waals surface area contributed by atoms with Crippen LogP contribution in [0.5, 0.6) is 5.75 Å². The summed E-state index contributed by atoms with van der Waals surface area (Å²) in [6, 6.07) is 6.60. The van der Waals surface area contributed by atoms with Gasteiger partial charge in [-0.1, -0.05) is 12.1 Å². The van der Waals surface area contributed by atoms with Crippen molar-refractivity contribution in [2.24, 2.45) is 0 Å². The van der Waals surface area contributed by atoms with Crippen LogP contribution in [0.3, 0.4) is 0 Å². The molecule has 0 radical (unpaired) electrons. The van der Waals surface area contributed by atoms with Gasteiger partial charge in [-0.05, 0) is 38.8 Å². The molecule has 174 valence electrons. The van der Waals surface area contributed by atoms with Gasteiger partial charge in [-0.15, -0.1) is 5.10 Å². The third kappa shape index (κ3) is 3.94. The predicted octanol–water partition coefficient (Wildman–Crippen LogP) is 4.61. The highest BCUT2D eigenvalue weighted by atomic mass is 19.3. The van der Waals surface area contributed by atoms with Gasteiger partial charge in [0.2, 0.25) is 0 Å². The second-order valence-corrected chi connectivity index (χ2v) is 8.73. The second kappa shape index (κ2) is 8.37. The van der Waals surface area contributed by atoms with Gasteiger partial charge in [0.05, 0.1) is 40.8 Å². The molecule has 0 spiro atoms. The highest BCUT2D eigenvalue weighted by Crippen LogP contribution is 2.45. The smallest absolute Gasteiger partial charge is 0.310 e. The molecule has 33 heavy (non-hydrogen) atoms. The third-order valence-corrected chi connectivity index (χ3v) is 6.57. The van der Waals surface area contributed by atoms with E-state index in [9.17, 15) is 8.78 Å². The maximum Gasteiger partial charge on any atom is 0.310 e. The summed E-state index contributed by atoms with van der Waals surface area (Å²) in [6.45, 7) is 4.93. The first-order valence-electron chi connectivity index (χ1n) is 11.2. The van der Waals surface area contributed by atoms with Crippen LogP contribution >= 0.6 is 0 Å². The van der Waals surface area contributed by atoms with E-state index in [1.807, 2.05) is 20.0 Å². The minimum absolute atomic E-state index is 0.0723. The van der Waals surface area contributed by atoms with Gasteiger partial charge in [0.25, 0.3) is 0 Å². The summed E-state index contributed by atoms with van der Waals surface area (Å²) in [4.78, 5) is 6.97. The number of alkyl halides is 2. The number of piperidine rings is 1. The lowest BCUT2D eigenvalue weighted by Crippen LogP contribution is -2.36. The lowest BCUT2D eigenvalue weighted by atomic mass is 10.0. The number of pyridine rings is 1. The number of halogens is 2. The number of aromatic nitrogens is 3. The van der Waals surface area contributed by atoms with E-state index in [-0.39, 0.29) is 17.4 Å². The normalized spacial score (nSPS) is 18.8. The van der Waals surface area contributed by atoms with Crippen LogP contribution in [-0.4, -0.2) is 48.1 Å². The summed E-state index contributed by atoms with van der Waals surface area (Å²) in [5, 5.41) is 12.8. The van der Waals surface area contributed by atoms with Crippen LogP contribution in [0.4, 0.5) is 20.3 Å². The van der Waals surface area contributed by atoms with Crippen LogP contribution in [0.25, 0.3) is 10.9 Å². The third-order valence-electron chi connectivity index (χ3n) is 6.57. The van der Waals surface area contributed by atoms with E-state index in [1.165, 1.54) is 6.07 Å². The zero-order valence-electron chi connectivity index (χ0n) is 18.9. The SMILES string of the molecule is COC1CCN(c2cnc3c(C)nnc(N[C@H](C)c4cccc5c4OCC5(F)F)c3c2)CC1. The van der Waals surface area contributed by atoms with Crippen molar-refractivity contribution in [3.8, 4) is 5.75 Å². The second-order valence-electron chi connectivity index (χ2n) is 8.73. The summed E-state index contributed by atoms with van der Waals surface area (Å²) in [7, 11) is 1.76. The lowest BCUT2D eigenvalue weighted by Gasteiger charge is -2.32. The molecule has 9 heteroatoms. The molecule has 1 aromatic carbocycles. The maximum atomic E-state index is 14.1.